The highest BCUT2D eigenvalue weighted by atomic mass is 16.5. The molecule has 128 valence electrons. The molecule has 0 aromatic carbocycles. The molecule has 0 radical (unpaired) electrons. The lowest BCUT2D eigenvalue weighted by atomic mass is 10.1. The van der Waals surface area contributed by atoms with Crippen LogP contribution in [0, 0.1) is 0 Å². The van der Waals surface area contributed by atoms with E-state index in [1.165, 1.54) is 0 Å². The minimum Gasteiger partial charge on any atom is -0.379 e. The van der Waals surface area contributed by atoms with Gasteiger partial charge in [0.1, 0.15) is 6.33 Å². The fourth-order valence-electron chi connectivity index (χ4n) is 3.31. The average molecular weight is 321 g/mol. The number of carbonyl (C=O) groups excluding carboxylic acids is 1. The molecule has 2 aliphatic rings. The van der Waals surface area contributed by atoms with Crippen LogP contribution in [0.2, 0.25) is 0 Å². The van der Waals surface area contributed by atoms with Crippen molar-refractivity contribution >= 4 is 5.91 Å². The fourth-order valence-corrected chi connectivity index (χ4v) is 3.31. The van der Waals surface area contributed by atoms with Crippen LogP contribution in [0.3, 0.4) is 0 Å². The highest BCUT2D eigenvalue weighted by Crippen LogP contribution is 2.24. The molecule has 1 aromatic heterocycles. The summed E-state index contributed by atoms with van der Waals surface area (Å²) in [7, 11) is 0. The van der Waals surface area contributed by atoms with Crippen molar-refractivity contribution in [1.29, 1.82) is 0 Å². The normalized spacial score (nSPS) is 26.7. The summed E-state index contributed by atoms with van der Waals surface area (Å²) < 4.78 is 7.17. The molecule has 0 saturated carbocycles. The zero-order valence-electron chi connectivity index (χ0n) is 14.5. The minimum atomic E-state index is -0.168. The molecule has 7 heteroatoms. The van der Waals surface area contributed by atoms with E-state index in [4.69, 9.17) is 4.74 Å². The second kappa shape index (κ2) is 6.20. The van der Waals surface area contributed by atoms with E-state index in [0.29, 0.717) is 11.9 Å². The van der Waals surface area contributed by atoms with Gasteiger partial charge in [0.25, 0.3) is 5.91 Å². The van der Waals surface area contributed by atoms with Crippen molar-refractivity contribution < 1.29 is 9.53 Å². The van der Waals surface area contributed by atoms with Gasteiger partial charge in [-0.15, -0.1) is 5.10 Å². The molecular formula is C16H27N5O2. The Balaban J connectivity index is 1.68. The smallest absolute Gasteiger partial charge is 0.293 e. The van der Waals surface area contributed by atoms with Crippen LogP contribution in [0.25, 0.3) is 0 Å². The van der Waals surface area contributed by atoms with E-state index < -0.39 is 0 Å². The van der Waals surface area contributed by atoms with Crippen LogP contribution >= 0.6 is 0 Å². The second-order valence-corrected chi connectivity index (χ2v) is 7.53. The summed E-state index contributed by atoms with van der Waals surface area (Å²) in [6.45, 7) is 12.5. The van der Waals surface area contributed by atoms with E-state index >= 15 is 0 Å². The van der Waals surface area contributed by atoms with Crippen molar-refractivity contribution in [1.82, 2.24) is 24.6 Å². The molecule has 2 unspecified atom stereocenters. The third kappa shape index (κ3) is 3.40. The second-order valence-electron chi connectivity index (χ2n) is 7.53. The molecule has 0 bridgehead atoms. The highest BCUT2D eigenvalue weighted by molar-refractivity contribution is 5.90. The van der Waals surface area contributed by atoms with Crippen LogP contribution in [-0.2, 0) is 10.3 Å². The van der Waals surface area contributed by atoms with Crippen molar-refractivity contribution in [3.05, 3.63) is 12.2 Å². The SMILES string of the molecule is CC1CC(N2CCOCC2)CN1C(=O)c1ncn(C(C)(C)C)n1. The van der Waals surface area contributed by atoms with Crippen molar-refractivity contribution in [3.8, 4) is 0 Å². The number of carbonyl (C=O) groups is 1. The van der Waals surface area contributed by atoms with Gasteiger partial charge in [0.05, 0.1) is 18.8 Å². The summed E-state index contributed by atoms with van der Waals surface area (Å²) in [6.07, 6.45) is 2.65. The Hall–Kier alpha value is -1.47. The first kappa shape index (κ1) is 16.4. The topological polar surface area (TPSA) is 63.5 Å². The lowest BCUT2D eigenvalue weighted by molar-refractivity contribution is 0.0184. The Morgan fingerprint density at radius 3 is 2.61 bits per heavy atom. The van der Waals surface area contributed by atoms with Gasteiger partial charge >= 0.3 is 0 Å². The molecule has 3 heterocycles. The van der Waals surface area contributed by atoms with Crippen LogP contribution < -0.4 is 0 Å². The summed E-state index contributed by atoms with van der Waals surface area (Å²) in [5.74, 6) is 0.241. The largest absolute Gasteiger partial charge is 0.379 e. The lowest BCUT2D eigenvalue weighted by Crippen LogP contribution is -2.45. The Morgan fingerprint density at radius 1 is 1.30 bits per heavy atom. The van der Waals surface area contributed by atoms with Gasteiger partial charge in [0.2, 0.25) is 5.82 Å². The number of hydrogen-bond donors (Lipinski definition) is 0. The Morgan fingerprint density at radius 2 is 2.00 bits per heavy atom. The van der Waals surface area contributed by atoms with Gasteiger partial charge in [0, 0.05) is 31.7 Å². The molecule has 2 aliphatic heterocycles. The van der Waals surface area contributed by atoms with Gasteiger partial charge in [-0.3, -0.25) is 9.69 Å². The molecule has 0 spiro atoms. The Bertz CT molecular complexity index is 559. The number of morpholine rings is 1. The van der Waals surface area contributed by atoms with Crippen molar-refractivity contribution in [3.63, 3.8) is 0 Å². The molecule has 23 heavy (non-hydrogen) atoms. The molecule has 2 fully saturated rings. The summed E-state index contributed by atoms with van der Waals surface area (Å²) in [4.78, 5) is 21.4. The van der Waals surface area contributed by atoms with Crippen molar-refractivity contribution in [2.24, 2.45) is 0 Å². The predicted molar refractivity (Wildman–Crippen MR) is 86.3 cm³/mol. The van der Waals surface area contributed by atoms with E-state index in [1.54, 1.807) is 11.0 Å². The van der Waals surface area contributed by atoms with Crippen molar-refractivity contribution in [2.75, 3.05) is 32.8 Å². The number of ether oxygens (including phenoxy) is 1. The van der Waals surface area contributed by atoms with E-state index in [-0.39, 0.29) is 17.5 Å². The number of rotatable bonds is 2. The van der Waals surface area contributed by atoms with Gasteiger partial charge in [-0.1, -0.05) is 0 Å². The monoisotopic (exact) mass is 321 g/mol. The van der Waals surface area contributed by atoms with E-state index in [1.807, 2.05) is 25.7 Å². The zero-order valence-corrected chi connectivity index (χ0v) is 14.5. The first-order valence-electron chi connectivity index (χ1n) is 8.41. The summed E-state index contributed by atoms with van der Waals surface area (Å²) >= 11 is 0. The quantitative estimate of drug-likeness (QED) is 0.812. The predicted octanol–water partition coefficient (Wildman–Crippen LogP) is 0.968. The molecule has 7 nitrogen and oxygen atoms in total. The van der Waals surface area contributed by atoms with Gasteiger partial charge in [-0.05, 0) is 34.1 Å². The summed E-state index contributed by atoms with van der Waals surface area (Å²) in [5.41, 5.74) is -0.168. The molecule has 0 aliphatic carbocycles. The fraction of sp³-hybridized carbons (Fsp3) is 0.812. The third-order valence-electron chi connectivity index (χ3n) is 4.75. The number of hydrogen-bond acceptors (Lipinski definition) is 5. The van der Waals surface area contributed by atoms with Crippen LogP contribution in [0.15, 0.2) is 6.33 Å². The zero-order chi connectivity index (χ0) is 16.6. The summed E-state index contributed by atoms with van der Waals surface area (Å²) in [6, 6.07) is 0.638. The standard InChI is InChI=1S/C16H27N5O2/c1-12-9-13(19-5-7-23-8-6-19)10-20(12)15(22)14-17-11-21(18-14)16(2,3)4/h11-13H,5-10H2,1-4H3. The van der Waals surface area contributed by atoms with E-state index in [0.717, 1.165) is 39.3 Å². The third-order valence-corrected chi connectivity index (χ3v) is 4.75. The highest BCUT2D eigenvalue weighted by Gasteiger charge is 2.37. The van der Waals surface area contributed by atoms with Crippen molar-refractivity contribution in [2.45, 2.75) is 51.7 Å². The molecule has 2 atom stereocenters. The van der Waals surface area contributed by atoms with E-state index in [2.05, 4.69) is 21.9 Å². The van der Waals surface area contributed by atoms with Gasteiger partial charge in [0.15, 0.2) is 0 Å². The molecule has 1 aromatic rings. The number of nitrogens with zero attached hydrogens (tertiary/aromatic N) is 5. The van der Waals surface area contributed by atoms with Crippen LogP contribution in [0.5, 0.6) is 0 Å². The van der Waals surface area contributed by atoms with Crippen LogP contribution in [-0.4, -0.2) is 75.4 Å². The van der Waals surface area contributed by atoms with Gasteiger partial charge in [-0.2, -0.15) is 0 Å². The first-order valence-corrected chi connectivity index (χ1v) is 8.41. The molecule has 1 amide bonds. The maximum atomic E-state index is 12.8. The maximum absolute atomic E-state index is 12.8. The maximum Gasteiger partial charge on any atom is 0.293 e. The van der Waals surface area contributed by atoms with Crippen LogP contribution in [0.4, 0.5) is 0 Å². The number of likely N-dealkylation sites (tertiary alicyclic amines) is 1. The first-order chi connectivity index (χ1) is 10.9. The molecule has 2 saturated heterocycles. The summed E-state index contributed by atoms with van der Waals surface area (Å²) in [5, 5.41) is 4.38. The van der Waals surface area contributed by atoms with Crippen LogP contribution in [0.1, 0.15) is 44.7 Å². The van der Waals surface area contributed by atoms with Gasteiger partial charge in [-0.25, -0.2) is 9.67 Å². The molecule has 0 N–H and O–H groups in total. The van der Waals surface area contributed by atoms with Gasteiger partial charge < -0.3 is 9.64 Å². The Labute approximate surface area is 137 Å². The average Bonchev–Trinajstić information content (AvgIpc) is 3.14. The Kier molecular flexibility index (Phi) is 4.42. The number of amides is 1. The van der Waals surface area contributed by atoms with E-state index in [9.17, 15) is 4.79 Å². The molecule has 3 rings (SSSR count). The lowest BCUT2D eigenvalue weighted by Gasteiger charge is -2.31. The molecular weight excluding hydrogens is 294 g/mol. The minimum absolute atomic E-state index is 0.0590. The number of aromatic nitrogens is 3.